The fourth-order valence-electron chi connectivity index (χ4n) is 0.580. The normalized spacial score (nSPS) is 14.9. The highest BCUT2D eigenvalue weighted by Crippen LogP contribution is 1.79. The molecule has 3 nitrogen and oxygen atoms in total. The predicted octanol–water partition coefficient (Wildman–Crippen LogP) is -0.771. The monoisotopic (exact) mass is 123 g/mol. The number of hydrogen-bond donors (Lipinski definition) is 1. The van der Waals surface area contributed by atoms with Crippen LogP contribution in [-0.4, -0.2) is 18.5 Å². The third kappa shape index (κ3) is 1.55. The van der Waals surface area contributed by atoms with Crippen LogP contribution < -0.4 is 9.98 Å². The van der Waals surface area contributed by atoms with E-state index in [0.717, 1.165) is 6.42 Å². The number of nitrogens with zero attached hydrogens (tertiary/aromatic N) is 1. The zero-order valence-corrected chi connectivity index (χ0v) is 4.87. The zero-order chi connectivity index (χ0) is 6.53. The lowest BCUT2D eigenvalue weighted by molar-refractivity contribution is -0.108. The number of nitrogens with one attached hydrogen (secondary N) is 1. The van der Waals surface area contributed by atoms with Gasteiger partial charge in [0.1, 0.15) is 0 Å². The summed E-state index contributed by atoms with van der Waals surface area (Å²) in [4.78, 5) is 9.83. The molecule has 46 valence electrons. The first-order valence-electron chi connectivity index (χ1n) is 2.69. The molecule has 0 radical (unpaired) electrons. The van der Waals surface area contributed by atoms with Crippen LogP contribution in [0.1, 0.15) is 6.42 Å². The van der Waals surface area contributed by atoms with E-state index >= 15 is 0 Å². The Morgan fingerprint density at radius 1 is 1.78 bits per heavy atom. The lowest BCUT2D eigenvalue weighted by Gasteiger charge is -1.84. The molecule has 0 spiro atoms. The second kappa shape index (κ2) is 2.84. The molecule has 9 heavy (non-hydrogen) atoms. The molecular weight excluding hydrogens is 116 g/mol. The fourth-order valence-corrected chi connectivity index (χ4v) is 0.580. The Hall–Kier alpha value is -1.34. The quantitative estimate of drug-likeness (QED) is 0.361. The van der Waals surface area contributed by atoms with Crippen molar-refractivity contribution in [3.63, 3.8) is 0 Å². The molecule has 1 N–H and O–H groups in total. The van der Waals surface area contributed by atoms with E-state index in [4.69, 9.17) is 0 Å². The van der Waals surface area contributed by atoms with Crippen molar-refractivity contribution in [2.24, 2.45) is 0 Å². The first-order chi connectivity index (χ1) is 4.43. The summed E-state index contributed by atoms with van der Waals surface area (Å²) < 4.78 is 3.88. The Morgan fingerprint density at radius 2 is 2.67 bits per heavy atom. The van der Waals surface area contributed by atoms with E-state index in [1.165, 1.54) is 0 Å². The van der Waals surface area contributed by atoms with Gasteiger partial charge >= 0.3 is 5.84 Å². The molecule has 0 saturated heterocycles. The van der Waals surface area contributed by atoms with Gasteiger partial charge in [-0.1, -0.05) is 6.08 Å². The van der Waals surface area contributed by atoms with Crippen molar-refractivity contribution in [2.75, 3.05) is 0 Å². The number of carbonyl (C=O) groups is 1. The van der Waals surface area contributed by atoms with E-state index in [2.05, 4.69) is 9.98 Å². The Labute approximate surface area is 52.8 Å². The summed E-state index contributed by atoms with van der Waals surface area (Å²) in [6.45, 7) is 0. The number of hydrogen-bond acceptors (Lipinski definition) is 1. The predicted molar refractivity (Wildman–Crippen MR) is 36.2 cm³/mol. The fraction of sp³-hybridized carbons (Fsp3) is 0.167. The van der Waals surface area contributed by atoms with Crippen LogP contribution in [0.3, 0.4) is 0 Å². The summed E-state index contributed by atoms with van der Waals surface area (Å²) in [7, 11) is 0. The second-order valence-electron chi connectivity index (χ2n) is 1.60. The maximum absolute atomic E-state index is 9.83. The molecule has 0 saturated carbocycles. The van der Waals surface area contributed by atoms with Crippen molar-refractivity contribution >= 4 is 18.5 Å². The van der Waals surface area contributed by atoms with Gasteiger partial charge in [-0.3, -0.25) is 4.79 Å². The van der Waals surface area contributed by atoms with Crippen LogP contribution in [0.4, 0.5) is 0 Å². The topological polar surface area (TPSA) is 43.2 Å². The SMILES string of the molecule is O=CNC1=[N+]=CCC=C1. The van der Waals surface area contributed by atoms with Gasteiger partial charge in [0, 0.05) is 12.5 Å². The number of allylic oxidation sites excluding steroid dienone is 1. The molecule has 1 rings (SSSR count). The maximum Gasteiger partial charge on any atom is 0.374 e. The van der Waals surface area contributed by atoms with E-state index in [0.29, 0.717) is 12.2 Å². The molecule has 0 aromatic heterocycles. The number of amides is 1. The van der Waals surface area contributed by atoms with Gasteiger partial charge in [-0.2, -0.15) is 5.32 Å². The van der Waals surface area contributed by atoms with Gasteiger partial charge in [0.2, 0.25) is 0 Å². The van der Waals surface area contributed by atoms with E-state index in [1.54, 1.807) is 12.3 Å². The lowest BCUT2D eigenvalue weighted by Crippen LogP contribution is -2.22. The van der Waals surface area contributed by atoms with Gasteiger partial charge in [0.05, 0.1) is 0 Å². The molecule has 0 unspecified atom stereocenters. The minimum Gasteiger partial charge on any atom is -0.251 e. The Balaban J connectivity index is 2.67. The van der Waals surface area contributed by atoms with Crippen molar-refractivity contribution in [1.29, 1.82) is 0 Å². The number of amidine groups is 1. The first-order valence-corrected chi connectivity index (χ1v) is 2.69. The highest BCUT2D eigenvalue weighted by atomic mass is 16.1. The van der Waals surface area contributed by atoms with Gasteiger partial charge < -0.3 is 0 Å². The number of rotatable bonds is 1. The third-order valence-electron chi connectivity index (χ3n) is 0.954. The van der Waals surface area contributed by atoms with Crippen LogP contribution in [0, 0.1) is 0 Å². The van der Waals surface area contributed by atoms with Crippen LogP contribution in [-0.2, 0) is 4.79 Å². The molecule has 1 amide bonds. The van der Waals surface area contributed by atoms with Crippen molar-refractivity contribution in [2.45, 2.75) is 6.42 Å². The molecule has 1 aliphatic heterocycles. The lowest BCUT2D eigenvalue weighted by atomic mass is 10.3. The summed E-state index contributed by atoms with van der Waals surface area (Å²) in [5.41, 5.74) is 0. The summed E-state index contributed by atoms with van der Waals surface area (Å²) in [6, 6.07) is 0. The average Bonchev–Trinajstić information content (AvgIpc) is 1.91. The van der Waals surface area contributed by atoms with Crippen LogP contribution in [0.25, 0.3) is 0 Å². The minimum absolute atomic E-state index is 0.608. The minimum atomic E-state index is 0.608. The molecule has 1 heterocycles. The first kappa shape index (κ1) is 5.79. The smallest absolute Gasteiger partial charge is 0.251 e. The van der Waals surface area contributed by atoms with Gasteiger partial charge in [-0.05, 0) is 0 Å². The van der Waals surface area contributed by atoms with Crippen LogP contribution in [0.15, 0.2) is 12.2 Å². The van der Waals surface area contributed by atoms with E-state index < -0.39 is 0 Å². The Bertz CT molecular complexity index is 199. The van der Waals surface area contributed by atoms with E-state index in [9.17, 15) is 4.79 Å². The summed E-state index contributed by atoms with van der Waals surface area (Å²) in [5.74, 6) is 0.608. The maximum atomic E-state index is 9.83. The van der Waals surface area contributed by atoms with Crippen molar-refractivity contribution < 1.29 is 4.79 Å². The van der Waals surface area contributed by atoms with Crippen LogP contribution in [0.5, 0.6) is 0 Å². The summed E-state index contributed by atoms with van der Waals surface area (Å²) in [6.07, 6.45) is 6.91. The van der Waals surface area contributed by atoms with Gasteiger partial charge in [-0.15, -0.1) is 0 Å². The average molecular weight is 123 g/mol. The Morgan fingerprint density at radius 3 is 3.22 bits per heavy atom. The Kier molecular flexibility index (Phi) is 1.83. The highest BCUT2D eigenvalue weighted by Gasteiger charge is 2.01. The van der Waals surface area contributed by atoms with E-state index in [1.807, 2.05) is 6.08 Å². The summed E-state index contributed by atoms with van der Waals surface area (Å²) in [5, 5.41) is 2.44. The van der Waals surface area contributed by atoms with E-state index in [-0.39, 0.29) is 0 Å². The van der Waals surface area contributed by atoms with Crippen molar-refractivity contribution in [3.8, 4) is 0 Å². The third-order valence-corrected chi connectivity index (χ3v) is 0.954. The van der Waals surface area contributed by atoms with Gasteiger partial charge in [-0.25, -0.2) is 4.67 Å². The molecule has 0 aromatic rings. The largest absolute Gasteiger partial charge is 0.374 e. The summed E-state index contributed by atoms with van der Waals surface area (Å²) >= 11 is 0. The molecule has 0 aliphatic carbocycles. The van der Waals surface area contributed by atoms with Gasteiger partial charge in [0.25, 0.3) is 6.41 Å². The molecule has 1 aliphatic rings. The highest BCUT2D eigenvalue weighted by molar-refractivity contribution is 6.00. The molecule has 0 atom stereocenters. The second-order valence-corrected chi connectivity index (χ2v) is 1.60. The zero-order valence-electron chi connectivity index (χ0n) is 4.87. The molecule has 0 aromatic carbocycles. The molecule has 0 bridgehead atoms. The van der Waals surface area contributed by atoms with Crippen LogP contribution in [0.2, 0.25) is 0 Å². The number of carbonyl (C=O) groups excluding carboxylic acids is 1. The van der Waals surface area contributed by atoms with Crippen LogP contribution >= 0.6 is 0 Å². The van der Waals surface area contributed by atoms with Crippen molar-refractivity contribution in [1.82, 2.24) is 9.98 Å². The van der Waals surface area contributed by atoms with Gasteiger partial charge in [0.15, 0.2) is 6.21 Å². The molecular formula is C6H7N2O+. The molecule has 0 fully saturated rings. The molecule has 3 heteroatoms. The standard InChI is InChI=1S/C6H6N2O/c9-5-8-6-3-1-2-4-7-6/h1,3-5H,2H2/p+1. The van der Waals surface area contributed by atoms with Crippen molar-refractivity contribution in [3.05, 3.63) is 12.2 Å².